The van der Waals surface area contributed by atoms with Crippen molar-refractivity contribution in [2.75, 3.05) is 12.4 Å². The Morgan fingerprint density at radius 1 is 1.31 bits per heavy atom. The average molecular weight is 460 g/mol. The van der Waals surface area contributed by atoms with Crippen molar-refractivity contribution in [3.8, 4) is 5.75 Å². The molecule has 0 radical (unpaired) electrons. The van der Waals surface area contributed by atoms with Crippen molar-refractivity contribution in [2.45, 2.75) is 44.3 Å². The summed E-state index contributed by atoms with van der Waals surface area (Å²) in [4.78, 5) is 16.8. The molecule has 0 unspecified atom stereocenters. The lowest BCUT2D eigenvalue weighted by atomic mass is 9.77. The SMILES string of the molecule is COc1c([C@H]2[C@H](C(=O)Nc3cncc(CO)c3)O[C@@](C)(C(F)(F)F)[C@H]2C)ccc(F)c1F. The van der Waals surface area contributed by atoms with Crippen molar-refractivity contribution in [3.05, 3.63) is 53.4 Å². The molecule has 0 aliphatic carbocycles. The quantitative estimate of drug-likeness (QED) is 0.661. The molecule has 6 nitrogen and oxygen atoms in total. The van der Waals surface area contributed by atoms with Crippen molar-refractivity contribution < 1.29 is 41.3 Å². The van der Waals surface area contributed by atoms with Gasteiger partial charge in [0.25, 0.3) is 5.91 Å². The van der Waals surface area contributed by atoms with Gasteiger partial charge in [0, 0.05) is 23.6 Å². The van der Waals surface area contributed by atoms with E-state index in [1.807, 2.05) is 0 Å². The lowest BCUT2D eigenvalue weighted by Crippen LogP contribution is -2.47. The van der Waals surface area contributed by atoms with Gasteiger partial charge in [-0.2, -0.15) is 17.6 Å². The van der Waals surface area contributed by atoms with E-state index in [-0.39, 0.29) is 17.9 Å². The van der Waals surface area contributed by atoms with E-state index in [9.17, 15) is 31.9 Å². The number of hydrogen-bond donors (Lipinski definition) is 2. The standard InChI is InChI=1S/C21H21F5N2O4/c1-10-15(13-4-5-14(22)16(23)17(13)31-3)18(32-20(10,2)21(24,25)26)19(30)28-12-6-11(9-29)7-27-8-12/h4-8,10,15,18,29H,9H2,1-3H3,(H,28,30)/t10-,15-,18+,20+/m0/s1. The Kier molecular flexibility index (Phi) is 6.43. The minimum absolute atomic E-state index is 0.120. The molecule has 1 aromatic carbocycles. The van der Waals surface area contributed by atoms with Gasteiger partial charge in [-0.05, 0) is 24.6 Å². The fourth-order valence-electron chi connectivity index (χ4n) is 3.90. The number of aliphatic hydroxyl groups excluding tert-OH is 1. The van der Waals surface area contributed by atoms with Gasteiger partial charge >= 0.3 is 6.18 Å². The van der Waals surface area contributed by atoms with Crippen LogP contribution in [0.25, 0.3) is 0 Å². The summed E-state index contributed by atoms with van der Waals surface area (Å²) in [7, 11) is 1.05. The number of nitrogens with one attached hydrogen (secondary N) is 1. The van der Waals surface area contributed by atoms with E-state index in [1.54, 1.807) is 0 Å². The predicted octanol–water partition coefficient (Wildman–Crippen LogP) is 3.94. The maximum atomic E-state index is 14.3. The number of pyridine rings is 1. The first-order chi connectivity index (χ1) is 14.9. The fourth-order valence-corrected chi connectivity index (χ4v) is 3.90. The summed E-state index contributed by atoms with van der Waals surface area (Å²) in [5, 5.41) is 11.6. The summed E-state index contributed by atoms with van der Waals surface area (Å²) in [5.74, 6) is -6.85. The monoisotopic (exact) mass is 460 g/mol. The van der Waals surface area contributed by atoms with Crippen LogP contribution in [0.5, 0.6) is 5.75 Å². The molecule has 1 aliphatic heterocycles. The highest BCUT2D eigenvalue weighted by atomic mass is 19.4. The van der Waals surface area contributed by atoms with Crippen molar-refractivity contribution in [1.29, 1.82) is 0 Å². The number of halogens is 5. The lowest BCUT2D eigenvalue weighted by Gasteiger charge is -2.32. The van der Waals surface area contributed by atoms with Crippen LogP contribution >= 0.6 is 0 Å². The largest absolute Gasteiger partial charge is 0.493 e. The van der Waals surface area contributed by atoms with Crippen LogP contribution in [0.15, 0.2) is 30.6 Å². The third kappa shape index (κ3) is 4.02. The topological polar surface area (TPSA) is 80.7 Å². The normalized spacial score (nSPS) is 25.6. The summed E-state index contributed by atoms with van der Waals surface area (Å²) >= 11 is 0. The molecular formula is C21H21F5N2O4. The van der Waals surface area contributed by atoms with E-state index in [0.29, 0.717) is 5.56 Å². The van der Waals surface area contributed by atoms with E-state index in [2.05, 4.69) is 10.3 Å². The fraction of sp³-hybridized carbons (Fsp3) is 0.429. The van der Waals surface area contributed by atoms with E-state index in [0.717, 1.165) is 26.2 Å². The number of anilines is 1. The minimum atomic E-state index is -4.86. The van der Waals surface area contributed by atoms with Crippen molar-refractivity contribution in [2.24, 2.45) is 5.92 Å². The minimum Gasteiger partial charge on any atom is -0.493 e. The lowest BCUT2D eigenvalue weighted by molar-refractivity contribution is -0.272. The maximum Gasteiger partial charge on any atom is 0.417 e. The molecule has 174 valence electrons. The zero-order valence-electron chi connectivity index (χ0n) is 17.3. The Morgan fingerprint density at radius 2 is 2.00 bits per heavy atom. The van der Waals surface area contributed by atoms with Gasteiger partial charge in [0.05, 0.1) is 25.6 Å². The second-order valence-electron chi connectivity index (χ2n) is 7.67. The summed E-state index contributed by atoms with van der Waals surface area (Å²) < 4.78 is 80.0. The molecule has 1 aliphatic rings. The molecule has 0 spiro atoms. The number of aliphatic hydroxyl groups is 1. The number of carbonyl (C=O) groups excluding carboxylic acids is 1. The Labute approximate surface area is 180 Å². The molecule has 1 amide bonds. The Hall–Kier alpha value is -2.79. The van der Waals surface area contributed by atoms with Gasteiger partial charge in [-0.1, -0.05) is 13.0 Å². The highest BCUT2D eigenvalue weighted by Crippen LogP contribution is 2.54. The van der Waals surface area contributed by atoms with E-state index < -0.39 is 53.0 Å². The molecule has 11 heteroatoms. The molecule has 4 atom stereocenters. The molecule has 32 heavy (non-hydrogen) atoms. The van der Waals surface area contributed by atoms with Crippen LogP contribution in [0.4, 0.5) is 27.6 Å². The number of rotatable bonds is 5. The number of alkyl halides is 3. The molecule has 0 bridgehead atoms. The Balaban J connectivity index is 2.07. The van der Waals surface area contributed by atoms with Gasteiger partial charge in [-0.3, -0.25) is 9.78 Å². The average Bonchev–Trinajstić information content (AvgIpc) is 3.02. The second kappa shape index (κ2) is 8.62. The van der Waals surface area contributed by atoms with Gasteiger partial charge in [0.15, 0.2) is 17.2 Å². The van der Waals surface area contributed by atoms with Crippen LogP contribution in [0.3, 0.4) is 0 Å². The Bertz CT molecular complexity index is 1020. The molecule has 2 aromatic rings. The van der Waals surface area contributed by atoms with Crippen molar-refractivity contribution >= 4 is 11.6 Å². The third-order valence-corrected chi connectivity index (χ3v) is 5.82. The van der Waals surface area contributed by atoms with Crippen LogP contribution in [0, 0.1) is 17.6 Å². The number of aromatic nitrogens is 1. The number of benzene rings is 1. The maximum absolute atomic E-state index is 14.3. The number of carbonyl (C=O) groups is 1. The van der Waals surface area contributed by atoms with Crippen molar-refractivity contribution in [3.63, 3.8) is 0 Å². The van der Waals surface area contributed by atoms with Gasteiger partial charge in [0.2, 0.25) is 5.82 Å². The predicted molar refractivity (Wildman–Crippen MR) is 103 cm³/mol. The van der Waals surface area contributed by atoms with Crippen LogP contribution in [0.2, 0.25) is 0 Å². The number of hydrogen-bond acceptors (Lipinski definition) is 5. The van der Waals surface area contributed by atoms with Crippen LogP contribution in [0.1, 0.15) is 30.9 Å². The second-order valence-corrected chi connectivity index (χ2v) is 7.67. The third-order valence-electron chi connectivity index (χ3n) is 5.82. The molecule has 1 fully saturated rings. The van der Waals surface area contributed by atoms with E-state index in [4.69, 9.17) is 9.47 Å². The summed E-state index contributed by atoms with van der Waals surface area (Å²) in [6.07, 6.45) is -3.98. The van der Waals surface area contributed by atoms with Gasteiger partial charge < -0.3 is 19.9 Å². The molecule has 1 aromatic heterocycles. The molecule has 1 saturated heterocycles. The summed E-state index contributed by atoms with van der Waals surface area (Å²) in [5.41, 5.74) is -2.40. The number of ether oxygens (including phenoxy) is 2. The number of amides is 1. The first-order valence-corrected chi connectivity index (χ1v) is 9.56. The Morgan fingerprint density at radius 3 is 2.59 bits per heavy atom. The van der Waals surface area contributed by atoms with Gasteiger partial charge in [0.1, 0.15) is 6.10 Å². The zero-order chi connectivity index (χ0) is 23.8. The molecule has 2 heterocycles. The highest BCUT2D eigenvalue weighted by Gasteiger charge is 2.65. The molecule has 3 rings (SSSR count). The first kappa shape index (κ1) is 23.9. The molecule has 2 N–H and O–H groups in total. The molecular weight excluding hydrogens is 439 g/mol. The zero-order valence-corrected chi connectivity index (χ0v) is 17.3. The van der Waals surface area contributed by atoms with Gasteiger partial charge in [-0.25, -0.2) is 4.39 Å². The number of nitrogens with zero attached hydrogens (tertiary/aromatic N) is 1. The smallest absolute Gasteiger partial charge is 0.417 e. The summed E-state index contributed by atoms with van der Waals surface area (Å²) in [6, 6.07) is 3.23. The summed E-state index contributed by atoms with van der Waals surface area (Å²) in [6.45, 7) is 1.66. The van der Waals surface area contributed by atoms with Gasteiger partial charge in [-0.15, -0.1) is 0 Å². The van der Waals surface area contributed by atoms with Crippen LogP contribution in [-0.4, -0.2) is 41.0 Å². The van der Waals surface area contributed by atoms with Crippen LogP contribution in [-0.2, 0) is 16.1 Å². The van der Waals surface area contributed by atoms with E-state index >= 15 is 0 Å². The van der Waals surface area contributed by atoms with E-state index in [1.165, 1.54) is 25.4 Å². The first-order valence-electron chi connectivity index (χ1n) is 9.56. The molecule has 0 saturated carbocycles. The van der Waals surface area contributed by atoms with Crippen LogP contribution < -0.4 is 10.1 Å². The number of methoxy groups -OCH3 is 1. The highest BCUT2D eigenvalue weighted by molar-refractivity contribution is 5.95. The van der Waals surface area contributed by atoms with Crippen molar-refractivity contribution in [1.82, 2.24) is 4.98 Å².